The van der Waals surface area contributed by atoms with Crippen molar-refractivity contribution in [2.45, 2.75) is 50.2 Å². The van der Waals surface area contributed by atoms with Gasteiger partial charge >= 0.3 is 5.97 Å². The van der Waals surface area contributed by atoms with Crippen LogP contribution < -0.4 is 0 Å². The molecule has 18 heavy (non-hydrogen) atoms. The van der Waals surface area contributed by atoms with E-state index >= 15 is 0 Å². The van der Waals surface area contributed by atoms with E-state index in [1.54, 1.807) is 6.33 Å². The number of rotatable bonds is 6. The van der Waals surface area contributed by atoms with Crippen molar-refractivity contribution in [3.05, 3.63) is 6.33 Å². The summed E-state index contributed by atoms with van der Waals surface area (Å²) in [6.45, 7) is 0.902. The van der Waals surface area contributed by atoms with Gasteiger partial charge in [-0.2, -0.15) is 0 Å². The highest BCUT2D eigenvalue weighted by Gasteiger charge is 2.14. The van der Waals surface area contributed by atoms with Crippen molar-refractivity contribution in [1.29, 1.82) is 0 Å². The van der Waals surface area contributed by atoms with Crippen molar-refractivity contribution >= 4 is 17.7 Å². The molecule has 100 valence electrons. The SMILES string of the molecule is O=C(O)CSc1nncn1CCC1CCCCC1. The number of nitrogens with zero attached hydrogens (tertiary/aromatic N) is 3. The summed E-state index contributed by atoms with van der Waals surface area (Å²) in [6.07, 6.45) is 9.61. The number of aliphatic carboxylic acids is 1. The topological polar surface area (TPSA) is 68.0 Å². The number of hydrogen-bond donors (Lipinski definition) is 1. The van der Waals surface area contributed by atoms with Crippen LogP contribution in [0.4, 0.5) is 0 Å². The second kappa shape index (κ2) is 6.78. The van der Waals surface area contributed by atoms with Crippen LogP contribution in [0.5, 0.6) is 0 Å². The third kappa shape index (κ3) is 4.01. The Kier molecular flexibility index (Phi) is 5.04. The van der Waals surface area contributed by atoms with Gasteiger partial charge in [0.25, 0.3) is 0 Å². The largest absolute Gasteiger partial charge is 0.481 e. The first kappa shape index (κ1) is 13.4. The standard InChI is InChI=1S/C12H19N3O2S/c16-11(17)8-18-12-14-13-9-15(12)7-6-10-4-2-1-3-5-10/h9-10H,1-8H2,(H,16,17). The highest BCUT2D eigenvalue weighted by atomic mass is 32.2. The van der Waals surface area contributed by atoms with E-state index < -0.39 is 5.97 Å². The maximum Gasteiger partial charge on any atom is 0.313 e. The summed E-state index contributed by atoms with van der Waals surface area (Å²) in [5.74, 6) is 0.0441. The molecule has 2 rings (SSSR count). The molecule has 0 amide bonds. The summed E-state index contributed by atoms with van der Waals surface area (Å²) in [5.41, 5.74) is 0. The fourth-order valence-corrected chi connectivity index (χ4v) is 3.09. The van der Waals surface area contributed by atoms with Crippen LogP contribution in [0, 0.1) is 5.92 Å². The van der Waals surface area contributed by atoms with Crippen molar-refractivity contribution < 1.29 is 9.90 Å². The number of carbonyl (C=O) groups is 1. The van der Waals surface area contributed by atoms with Crippen LogP contribution in [-0.2, 0) is 11.3 Å². The lowest BCUT2D eigenvalue weighted by Crippen LogP contribution is -2.10. The summed E-state index contributed by atoms with van der Waals surface area (Å²) in [7, 11) is 0. The molecule has 0 aromatic carbocycles. The Morgan fingerprint density at radius 2 is 2.22 bits per heavy atom. The minimum atomic E-state index is -0.818. The Labute approximate surface area is 111 Å². The van der Waals surface area contributed by atoms with E-state index in [9.17, 15) is 4.79 Å². The van der Waals surface area contributed by atoms with Gasteiger partial charge in [0.1, 0.15) is 6.33 Å². The lowest BCUT2D eigenvalue weighted by atomic mass is 9.87. The maximum atomic E-state index is 10.5. The van der Waals surface area contributed by atoms with Gasteiger partial charge in [0.05, 0.1) is 5.75 Å². The van der Waals surface area contributed by atoms with E-state index in [1.807, 2.05) is 4.57 Å². The number of carboxylic acid groups (broad SMARTS) is 1. The minimum Gasteiger partial charge on any atom is -0.481 e. The first-order chi connectivity index (χ1) is 8.75. The number of aryl methyl sites for hydroxylation is 1. The highest BCUT2D eigenvalue weighted by molar-refractivity contribution is 7.99. The van der Waals surface area contributed by atoms with Crippen molar-refractivity contribution in [2.75, 3.05) is 5.75 Å². The van der Waals surface area contributed by atoms with Crippen LogP contribution >= 0.6 is 11.8 Å². The Morgan fingerprint density at radius 3 is 2.94 bits per heavy atom. The van der Waals surface area contributed by atoms with Gasteiger partial charge in [0.15, 0.2) is 5.16 Å². The van der Waals surface area contributed by atoms with Crippen LogP contribution in [0.1, 0.15) is 38.5 Å². The second-order valence-corrected chi connectivity index (χ2v) is 5.72. The Bertz CT molecular complexity index is 388. The van der Waals surface area contributed by atoms with Gasteiger partial charge in [-0.1, -0.05) is 43.9 Å². The van der Waals surface area contributed by atoms with Crippen LogP contribution in [0.3, 0.4) is 0 Å². The normalized spacial score (nSPS) is 16.9. The van der Waals surface area contributed by atoms with Crippen molar-refractivity contribution in [3.63, 3.8) is 0 Å². The van der Waals surface area contributed by atoms with Crippen molar-refractivity contribution in [2.24, 2.45) is 5.92 Å². The molecular weight excluding hydrogens is 250 g/mol. The molecule has 0 aliphatic heterocycles. The molecule has 0 spiro atoms. The molecule has 1 heterocycles. The third-order valence-electron chi connectivity index (χ3n) is 3.41. The summed E-state index contributed by atoms with van der Waals surface area (Å²) in [5, 5.41) is 17.2. The van der Waals surface area contributed by atoms with Gasteiger partial charge in [-0.3, -0.25) is 4.79 Å². The Hall–Kier alpha value is -1.04. The lowest BCUT2D eigenvalue weighted by molar-refractivity contribution is -0.133. The minimum absolute atomic E-state index is 0.0438. The van der Waals surface area contributed by atoms with Crippen molar-refractivity contribution in [1.82, 2.24) is 14.8 Å². The molecule has 1 aromatic rings. The predicted molar refractivity (Wildman–Crippen MR) is 69.6 cm³/mol. The van der Waals surface area contributed by atoms with E-state index in [2.05, 4.69) is 10.2 Å². The quantitative estimate of drug-likeness (QED) is 0.803. The average Bonchev–Trinajstić information content (AvgIpc) is 2.82. The molecule has 1 aliphatic rings. The molecule has 0 saturated heterocycles. The van der Waals surface area contributed by atoms with E-state index in [4.69, 9.17) is 5.11 Å². The molecule has 1 aliphatic carbocycles. The van der Waals surface area contributed by atoms with E-state index in [1.165, 1.54) is 43.9 Å². The summed E-state index contributed by atoms with van der Waals surface area (Å²) in [4.78, 5) is 10.5. The summed E-state index contributed by atoms with van der Waals surface area (Å²) < 4.78 is 1.97. The Balaban J connectivity index is 1.81. The first-order valence-corrected chi connectivity index (χ1v) is 7.46. The van der Waals surface area contributed by atoms with E-state index in [0.717, 1.165) is 18.9 Å². The molecule has 1 fully saturated rings. The number of carboxylic acids is 1. The van der Waals surface area contributed by atoms with Gasteiger partial charge in [-0.25, -0.2) is 0 Å². The molecule has 1 aromatic heterocycles. The van der Waals surface area contributed by atoms with E-state index in [-0.39, 0.29) is 5.75 Å². The Morgan fingerprint density at radius 1 is 1.44 bits per heavy atom. The molecule has 0 unspecified atom stereocenters. The van der Waals surface area contributed by atoms with Gasteiger partial charge in [-0.15, -0.1) is 10.2 Å². The highest BCUT2D eigenvalue weighted by Crippen LogP contribution is 2.27. The van der Waals surface area contributed by atoms with Crippen LogP contribution in [0.25, 0.3) is 0 Å². The molecule has 1 N–H and O–H groups in total. The van der Waals surface area contributed by atoms with Crippen LogP contribution in [0.2, 0.25) is 0 Å². The monoisotopic (exact) mass is 269 g/mol. The molecule has 0 atom stereocenters. The average molecular weight is 269 g/mol. The van der Waals surface area contributed by atoms with Gasteiger partial charge in [0, 0.05) is 6.54 Å². The predicted octanol–water partition coefficient (Wildman–Crippen LogP) is 2.43. The summed E-state index contributed by atoms with van der Waals surface area (Å²) in [6, 6.07) is 0. The second-order valence-electron chi connectivity index (χ2n) is 4.78. The fourth-order valence-electron chi connectivity index (χ4n) is 2.43. The molecule has 1 saturated carbocycles. The van der Waals surface area contributed by atoms with Gasteiger partial charge in [-0.05, 0) is 12.3 Å². The number of thioether (sulfide) groups is 1. The van der Waals surface area contributed by atoms with Crippen molar-refractivity contribution in [3.8, 4) is 0 Å². The molecule has 5 nitrogen and oxygen atoms in total. The molecule has 0 bridgehead atoms. The van der Waals surface area contributed by atoms with Gasteiger partial charge in [0.2, 0.25) is 0 Å². The lowest BCUT2D eigenvalue weighted by Gasteiger charge is -2.21. The fraction of sp³-hybridized carbons (Fsp3) is 0.750. The third-order valence-corrected chi connectivity index (χ3v) is 4.37. The maximum absolute atomic E-state index is 10.5. The smallest absolute Gasteiger partial charge is 0.313 e. The molecular formula is C12H19N3O2S. The molecule has 6 heteroatoms. The van der Waals surface area contributed by atoms with Crippen LogP contribution in [-0.4, -0.2) is 31.6 Å². The van der Waals surface area contributed by atoms with Gasteiger partial charge < -0.3 is 9.67 Å². The first-order valence-electron chi connectivity index (χ1n) is 6.48. The zero-order valence-corrected chi connectivity index (χ0v) is 11.2. The zero-order valence-electron chi connectivity index (χ0n) is 10.4. The zero-order chi connectivity index (χ0) is 12.8. The summed E-state index contributed by atoms with van der Waals surface area (Å²) >= 11 is 1.24. The number of aromatic nitrogens is 3. The molecule has 0 radical (unpaired) electrons. The van der Waals surface area contributed by atoms with E-state index in [0.29, 0.717) is 5.16 Å². The van der Waals surface area contributed by atoms with Crippen LogP contribution in [0.15, 0.2) is 11.5 Å². The number of hydrogen-bond acceptors (Lipinski definition) is 4.